The first-order chi connectivity index (χ1) is 14.9. The number of fused-ring (bicyclic) bond motifs is 3. The maximum Gasteiger partial charge on any atom is 0.189 e. The Hall–Kier alpha value is -3.24. The summed E-state index contributed by atoms with van der Waals surface area (Å²) in [5.41, 5.74) is 4.19. The SMILES string of the molecule is CCN1C(=CC2C(=O)C(=Nc3ccccc3)C2O)C(C)(C)c2ccc3ccccc3c21. The normalized spacial score (nSPS) is 24.6. The molecule has 2 aliphatic rings. The van der Waals surface area contributed by atoms with Gasteiger partial charge in [-0.05, 0) is 30.0 Å². The van der Waals surface area contributed by atoms with Crippen molar-refractivity contribution in [1.29, 1.82) is 0 Å². The molecule has 1 N–H and O–H groups in total. The molecule has 2 atom stereocenters. The smallest absolute Gasteiger partial charge is 0.189 e. The first-order valence-corrected chi connectivity index (χ1v) is 10.8. The summed E-state index contributed by atoms with van der Waals surface area (Å²) in [4.78, 5) is 19.6. The molecular weight excluding hydrogens is 384 g/mol. The van der Waals surface area contributed by atoms with Crippen molar-refractivity contribution in [1.82, 2.24) is 0 Å². The molecule has 0 radical (unpaired) electrons. The van der Waals surface area contributed by atoms with Gasteiger partial charge in [0, 0.05) is 23.0 Å². The van der Waals surface area contributed by atoms with Crippen molar-refractivity contribution < 1.29 is 9.90 Å². The number of carbonyl (C=O) groups excluding carboxylic acids is 1. The van der Waals surface area contributed by atoms with Crippen molar-refractivity contribution in [3.05, 3.63) is 84.1 Å². The Morgan fingerprint density at radius 2 is 1.74 bits per heavy atom. The second-order valence-corrected chi connectivity index (χ2v) is 8.77. The van der Waals surface area contributed by atoms with Crippen LogP contribution in [0.1, 0.15) is 26.3 Å². The molecule has 1 saturated carbocycles. The van der Waals surface area contributed by atoms with Crippen LogP contribution in [0.3, 0.4) is 0 Å². The Labute approximate surface area is 182 Å². The van der Waals surface area contributed by atoms with Gasteiger partial charge in [0.2, 0.25) is 0 Å². The lowest BCUT2D eigenvalue weighted by Crippen LogP contribution is -2.52. The predicted molar refractivity (Wildman–Crippen MR) is 126 cm³/mol. The largest absolute Gasteiger partial charge is 0.386 e. The number of Topliss-reactive ketones (excluding diaryl/α,β-unsaturated/α-hetero) is 1. The topological polar surface area (TPSA) is 52.9 Å². The number of rotatable bonds is 3. The van der Waals surface area contributed by atoms with Crippen molar-refractivity contribution >= 4 is 33.6 Å². The van der Waals surface area contributed by atoms with Crippen molar-refractivity contribution in [3.8, 4) is 0 Å². The second kappa shape index (κ2) is 7.17. The molecule has 0 bridgehead atoms. The van der Waals surface area contributed by atoms with Gasteiger partial charge >= 0.3 is 0 Å². The molecule has 0 amide bonds. The molecule has 0 aromatic heterocycles. The van der Waals surface area contributed by atoms with Crippen LogP contribution in [0.25, 0.3) is 10.8 Å². The number of para-hydroxylation sites is 1. The molecule has 4 heteroatoms. The number of nitrogens with zero attached hydrogens (tertiary/aromatic N) is 2. The fraction of sp³-hybridized carbons (Fsp3) is 0.259. The fourth-order valence-corrected chi connectivity index (χ4v) is 4.91. The van der Waals surface area contributed by atoms with E-state index in [9.17, 15) is 9.90 Å². The first kappa shape index (κ1) is 19.7. The minimum atomic E-state index is -0.879. The van der Waals surface area contributed by atoms with Crippen molar-refractivity contribution in [2.75, 3.05) is 11.4 Å². The summed E-state index contributed by atoms with van der Waals surface area (Å²) >= 11 is 0. The average Bonchev–Trinajstić information content (AvgIpc) is 3.02. The van der Waals surface area contributed by atoms with Crippen molar-refractivity contribution in [3.63, 3.8) is 0 Å². The van der Waals surface area contributed by atoms with E-state index in [0.717, 1.165) is 12.2 Å². The molecule has 1 fully saturated rings. The number of benzene rings is 3. The number of likely N-dealkylation sites (N-methyl/N-ethyl adjacent to an activating group) is 1. The van der Waals surface area contributed by atoms with Crippen LogP contribution in [0.5, 0.6) is 0 Å². The Balaban J connectivity index is 1.55. The molecule has 1 heterocycles. The van der Waals surface area contributed by atoms with E-state index in [0.29, 0.717) is 5.69 Å². The number of hydrogen-bond donors (Lipinski definition) is 1. The number of aliphatic imine (C=N–C) groups is 1. The highest BCUT2D eigenvalue weighted by Gasteiger charge is 2.48. The lowest BCUT2D eigenvalue weighted by Gasteiger charge is -2.34. The number of aliphatic hydroxyl groups is 1. The minimum Gasteiger partial charge on any atom is -0.386 e. The molecule has 3 aromatic carbocycles. The zero-order chi connectivity index (χ0) is 21.8. The summed E-state index contributed by atoms with van der Waals surface area (Å²) in [5, 5.41) is 13.2. The summed E-state index contributed by atoms with van der Waals surface area (Å²) < 4.78 is 0. The monoisotopic (exact) mass is 410 g/mol. The molecule has 3 aromatic rings. The number of aliphatic hydroxyl groups excluding tert-OH is 1. The van der Waals surface area contributed by atoms with Gasteiger partial charge in [0.05, 0.1) is 17.3 Å². The average molecular weight is 411 g/mol. The van der Waals surface area contributed by atoms with E-state index in [1.54, 1.807) is 0 Å². The van der Waals surface area contributed by atoms with E-state index in [4.69, 9.17) is 0 Å². The van der Waals surface area contributed by atoms with Gasteiger partial charge in [-0.1, -0.05) is 74.5 Å². The van der Waals surface area contributed by atoms with E-state index in [-0.39, 0.29) is 16.9 Å². The molecule has 5 rings (SSSR count). The third-order valence-corrected chi connectivity index (χ3v) is 6.61. The molecule has 156 valence electrons. The molecule has 0 spiro atoms. The number of allylic oxidation sites excluding steroid dienone is 1. The van der Waals surface area contributed by atoms with E-state index >= 15 is 0 Å². The third kappa shape index (κ3) is 2.94. The van der Waals surface area contributed by atoms with Crippen LogP contribution in [0.15, 0.2) is 83.5 Å². The van der Waals surface area contributed by atoms with Gasteiger partial charge in [-0.15, -0.1) is 0 Å². The zero-order valence-corrected chi connectivity index (χ0v) is 18.0. The van der Waals surface area contributed by atoms with Crippen LogP contribution in [0, 0.1) is 5.92 Å². The van der Waals surface area contributed by atoms with Gasteiger partial charge < -0.3 is 10.0 Å². The van der Waals surface area contributed by atoms with Gasteiger partial charge in [-0.3, -0.25) is 4.79 Å². The predicted octanol–water partition coefficient (Wildman–Crippen LogP) is 5.17. The number of anilines is 1. The lowest BCUT2D eigenvalue weighted by molar-refractivity contribution is -0.121. The van der Waals surface area contributed by atoms with Crippen LogP contribution >= 0.6 is 0 Å². The summed E-state index contributed by atoms with van der Waals surface area (Å²) in [7, 11) is 0. The van der Waals surface area contributed by atoms with Crippen LogP contribution < -0.4 is 4.90 Å². The van der Waals surface area contributed by atoms with Crippen LogP contribution in [-0.2, 0) is 10.2 Å². The van der Waals surface area contributed by atoms with Gasteiger partial charge in [0.25, 0.3) is 0 Å². The summed E-state index contributed by atoms with van der Waals surface area (Å²) in [6.07, 6.45) is 1.09. The number of hydrogen-bond acceptors (Lipinski definition) is 4. The van der Waals surface area contributed by atoms with Gasteiger partial charge in [-0.25, -0.2) is 4.99 Å². The summed E-state index contributed by atoms with van der Waals surface area (Å²) in [5.74, 6) is -0.664. The number of ketones is 1. The van der Waals surface area contributed by atoms with E-state index in [1.165, 1.54) is 22.0 Å². The first-order valence-electron chi connectivity index (χ1n) is 10.8. The molecule has 2 unspecified atom stereocenters. The maximum atomic E-state index is 12.9. The molecular formula is C27H26N2O2. The van der Waals surface area contributed by atoms with Crippen LogP contribution in [-0.4, -0.2) is 29.3 Å². The highest BCUT2D eigenvalue weighted by atomic mass is 16.3. The highest BCUT2D eigenvalue weighted by molar-refractivity contribution is 6.50. The Kier molecular flexibility index (Phi) is 4.56. The summed E-state index contributed by atoms with van der Waals surface area (Å²) in [6.45, 7) is 7.30. The van der Waals surface area contributed by atoms with Gasteiger partial charge in [0.1, 0.15) is 11.8 Å². The van der Waals surface area contributed by atoms with Gasteiger partial charge in [0.15, 0.2) is 5.78 Å². The maximum absolute atomic E-state index is 12.9. The zero-order valence-electron chi connectivity index (χ0n) is 18.0. The van der Waals surface area contributed by atoms with Crippen molar-refractivity contribution in [2.24, 2.45) is 10.9 Å². The lowest BCUT2D eigenvalue weighted by atomic mass is 9.74. The van der Waals surface area contributed by atoms with Crippen LogP contribution in [0.4, 0.5) is 11.4 Å². The Morgan fingerprint density at radius 1 is 1.03 bits per heavy atom. The van der Waals surface area contributed by atoms with Gasteiger partial charge in [-0.2, -0.15) is 0 Å². The Morgan fingerprint density at radius 3 is 2.45 bits per heavy atom. The molecule has 31 heavy (non-hydrogen) atoms. The van der Waals surface area contributed by atoms with E-state index in [2.05, 4.69) is 67.1 Å². The second-order valence-electron chi connectivity index (χ2n) is 8.77. The highest BCUT2D eigenvalue weighted by Crippen LogP contribution is 2.51. The number of carbonyl (C=O) groups is 1. The summed E-state index contributed by atoms with van der Waals surface area (Å²) in [6, 6.07) is 22.1. The third-order valence-electron chi connectivity index (χ3n) is 6.61. The molecule has 0 saturated heterocycles. The van der Waals surface area contributed by atoms with E-state index < -0.39 is 12.0 Å². The quantitative estimate of drug-likeness (QED) is 0.648. The van der Waals surface area contributed by atoms with Crippen LogP contribution in [0.2, 0.25) is 0 Å². The molecule has 1 aliphatic carbocycles. The van der Waals surface area contributed by atoms with E-state index in [1.807, 2.05) is 36.4 Å². The molecule has 4 nitrogen and oxygen atoms in total. The minimum absolute atomic E-state index is 0.100. The Bertz CT molecular complexity index is 1240. The standard InChI is InChI=1S/C27H26N2O2/c1-4-29-22(16-20-25(30)23(26(20)31)28-18-11-6-5-7-12-18)27(2,3)21-15-14-17-10-8-9-13-19(17)24(21)29/h5-16,20,25,30H,4H2,1-3H3. The van der Waals surface area contributed by atoms with Crippen molar-refractivity contribution in [2.45, 2.75) is 32.3 Å². The fourth-order valence-electron chi connectivity index (χ4n) is 4.91. The molecule has 1 aliphatic heterocycles.